The van der Waals surface area contributed by atoms with E-state index in [-0.39, 0.29) is 27.2 Å². The zero-order valence-corrected chi connectivity index (χ0v) is 15.5. The first kappa shape index (κ1) is 20.1. The number of nitro groups is 1. The van der Waals surface area contributed by atoms with E-state index in [4.69, 9.17) is 14.7 Å². The minimum atomic E-state index is -4.21. The van der Waals surface area contributed by atoms with Gasteiger partial charge in [-0.3, -0.25) is 15.5 Å². The number of nitro benzene ring substituents is 1. The molecule has 2 rings (SSSR count). The van der Waals surface area contributed by atoms with E-state index in [0.29, 0.717) is 5.56 Å². The third-order valence-electron chi connectivity index (χ3n) is 3.11. The van der Waals surface area contributed by atoms with E-state index in [1.807, 2.05) is 0 Å². The first-order chi connectivity index (χ1) is 12.7. The molecule has 2 aromatic rings. The maximum Gasteiger partial charge on any atom is 0.339 e. The van der Waals surface area contributed by atoms with Crippen molar-refractivity contribution < 1.29 is 22.3 Å². The van der Waals surface area contributed by atoms with Gasteiger partial charge in [-0.2, -0.15) is 13.5 Å². The number of non-ortho nitro benzene ring substituents is 1. The molecule has 0 fully saturated rings. The maximum atomic E-state index is 12.4. The average molecular weight is 410 g/mol. The molecular weight excluding hydrogens is 396 g/mol. The quantitative estimate of drug-likeness (QED) is 0.228. The standard InChI is InChI=1S/C15H14N4O6S2/c1-24-14-8-10(9-17-18-15(16)26)2-7-13(14)25-27(22,23)12-5-3-11(4-6-12)19(20)21/h2-9H,1H3,(H3,16,18,26)/b17-9-. The number of nitrogens with zero attached hydrogens (tertiary/aromatic N) is 2. The fourth-order valence-corrected chi connectivity index (χ4v) is 2.90. The Balaban J connectivity index is 2.25. The Morgan fingerprint density at radius 3 is 2.48 bits per heavy atom. The smallest absolute Gasteiger partial charge is 0.339 e. The molecule has 0 saturated heterocycles. The molecule has 0 heterocycles. The van der Waals surface area contributed by atoms with E-state index in [0.717, 1.165) is 24.3 Å². The Hall–Kier alpha value is -3.25. The number of ether oxygens (including phenoxy) is 1. The lowest BCUT2D eigenvalue weighted by Gasteiger charge is -2.11. The third-order valence-corrected chi connectivity index (χ3v) is 4.45. The van der Waals surface area contributed by atoms with E-state index < -0.39 is 15.0 Å². The highest BCUT2D eigenvalue weighted by atomic mass is 32.2. The fraction of sp³-hybridized carbons (Fsp3) is 0.0667. The lowest BCUT2D eigenvalue weighted by atomic mass is 10.2. The molecule has 0 unspecified atom stereocenters. The molecule has 12 heteroatoms. The summed E-state index contributed by atoms with van der Waals surface area (Å²) < 4.78 is 35.0. The monoisotopic (exact) mass is 410 g/mol. The number of thiocarbonyl (C=S) groups is 1. The second-order valence-electron chi connectivity index (χ2n) is 4.93. The molecule has 0 spiro atoms. The van der Waals surface area contributed by atoms with Crippen LogP contribution in [0.4, 0.5) is 5.69 Å². The maximum absolute atomic E-state index is 12.4. The highest BCUT2D eigenvalue weighted by Gasteiger charge is 2.20. The minimum absolute atomic E-state index is 0.00707. The predicted octanol–water partition coefficient (Wildman–Crippen LogP) is 1.54. The van der Waals surface area contributed by atoms with Gasteiger partial charge in [-0.15, -0.1) is 0 Å². The molecule has 0 radical (unpaired) electrons. The van der Waals surface area contributed by atoms with Crippen LogP contribution < -0.4 is 20.1 Å². The number of nitrogens with one attached hydrogen (secondary N) is 1. The van der Waals surface area contributed by atoms with Crippen molar-refractivity contribution in [3.63, 3.8) is 0 Å². The topological polar surface area (TPSA) is 146 Å². The minimum Gasteiger partial charge on any atom is -0.493 e. The number of methoxy groups -OCH3 is 1. The number of benzene rings is 2. The van der Waals surface area contributed by atoms with E-state index in [9.17, 15) is 18.5 Å². The molecule has 0 aliphatic rings. The van der Waals surface area contributed by atoms with Crippen LogP contribution in [-0.2, 0) is 10.1 Å². The zero-order chi connectivity index (χ0) is 20.0. The van der Waals surface area contributed by atoms with Gasteiger partial charge in [0, 0.05) is 12.1 Å². The van der Waals surface area contributed by atoms with Crippen LogP contribution in [0.15, 0.2) is 52.5 Å². The number of hydrazone groups is 1. The normalized spacial score (nSPS) is 11.1. The summed E-state index contributed by atoms with van der Waals surface area (Å²) in [5.74, 6) is 0.0788. The van der Waals surface area contributed by atoms with Crippen LogP contribution in [0, 0.1) is 10.1 Å². The van der Waals surface area contributed by atoms with Gasteiger partial charge in [0.1, 0.15) is 4.90 Å². The van der Waals surface area contributed by atoms with Gasteiger partial charge in [-0.05, 0) is 48.1 Å². The van der Waals surface area contributed by atoms with Crippen molar-refractivity contribution in [2.24, 2.45) is 10.8 Å². The molecule has 3 N–H and O–H groups in total. The molecule has 10 nitrogen and oxygen atoms in total. The first-order valence-corrected chi connectivity index (χ1v) is 9.00. The predicted molar refractivity (Wildman–Crippen MR) is 101 cm³/mol. The van der Waals surface area contributed by atoms with Crippen molar-refractivity contribution >= 4 is 39.4 Å². The van der Waals surface area contributed by atoms with Crippen molar-refractivity contribution in [2.75, 3.05) is 7.11 Å². The SMILES string of the molecule is COc1cc(/C=N\NC(N)=S)ccc1OS(=O)(=O)c1ccc([N+](=O)[O-])cc1. The van der Waals surface area contributed by atoms with Crippen LogP contribution in [-0.4, -0.2) is 31.8 Å². The largest absolute Gasteiger partial charge is 0.493 e. The summed E-state index contributed by atoms with van der Waals surface area (Å²) in [5.41, 5.74) is 7.96. The van der Waals surface area contributed by atoms with Crippen LogP contribution in [0.5, 0.6) is 11.5 Å². The number of rotatable bonds is 7. The molecular formula is C15H14N4O6S2. The Morgan fingerprint density at radius 2 is 1.93 bits per heavy atom. The molecule has 0 atom stereocenters. The molecule has 0 amide bonds. The number of nitrogens with two attached hydrogens (primary N) is 1. The van der Waals surface area contributed by atoms with Crippen LogP contribution in [0.3, 0.4) is 0 Å². The number of hydrogen-bond acceptors (Lipinski definition) is 8. The van der Waals surface area contributed by atoms with Gasteiger partial charge in [-0.25, -0.2) is 0 Å². The third kappa shape index (κ3) is 5.36. The summed E-state index contributed by atoms with van der Waals surface area (Å²) in [4.78, 5) is 9.79. The fourth-order valence-electron chi connectivity index (χ4n) is 1.90. The van der Waals surface area contributed by atoms with Gasteiger partial charge >= 0.3 is 10.1 Å². The van der Waals surface area contributed by atoms with Crippen LogP contribution in [0.1, 0.15) is 5.56 Å². The van der Waals surface area contributed by atoms with E-state index in [2.05, 4.69) is 22.7 Å². The lowest BCUT2D eigenvalue weighted by molar-refractivity contribution is -0.384. The van der Waals surface area contributed by atoms with Gasteiger partial charge in [0.05, 0.1) is 18.2 Å². The second-order valence-corrected chi connectivity index (χ2v) is 6.92. The summed E-state index contributed by atoms with van der Waals surface area (Å²) in [6.45, 7) is 0. The summed E-state index contributed by atoms with van der Waals surface area (Å²) in [5, 5.41) is 14.4. The number of hydrogen-bond donors (Lipinski definition) is 2. The average Bonchev–Trinajstić information content (AvgIpc) is 2.62. The lowest BCUT2D eigenvalue weighted by Crippen LogP contribution is -2.23. The molecule has 0 aliphatic carbocycles. The highest BCUT2D eigenvalue weighted by molar-refractivity contribution is 7.87. The molecule has 0 aliphatic heterocycles. The molecule has 0 saturated carbocycles. The van der Waals surface area contributed by atoms with E-state index in [1.54, 1.807) is 0 Å². The van der Waals surface area contributed by atoms with Crippen molar-refractivity contribution in [1.82, 2.24) is 5.43 Å². The molecule has 0 aromatic heterocycles. The van der Waals surface area contributed by atoms with Gasteiger partial charge in [0.15, 0.2) is 16.6 Å². The summed E-state index contributed by atoms with van der Waals surface area (Å²) in [7, 11) is -2.87. The van der Waals surface area contributed by atoms with Crippen LogP contribution in [0.2, 0.25) is 0 Å². The Morgan fingerprint density at radius 1 is 1.26 bits per heavy atom. The second kappa shape index (κ2) is 8.42. The van der Waals surface area contributed by atoms with Crippen LogP contribution >= 0.6 is 12.2 Å². The highest BCUT2D eigenvalue weighted by Crippen LogP contribution is 2.30. The van der Waals surface area contributed by atoms with Gasteiger partial charge in [-0.1, -0.05) is 0 Å². The molecule has 2 aromatic carbocycles. The van der Waals surface area contributed by atoms with Crippen LogP contribution in [0.25, 0.3) is 0 Å². The zero-order valence-electron chi connectivity index (χ0n) is 13.9. The van der Waals surface area contributed by atoms with Crippen molar-refractivity contribution in [1.29, 1.82) is 0 Å². The van der Waals surface area contributed by atoms with Crippen molar-refractivity contribution in [2.45, 2.75) is 4.90 Å². The Labute approximate surface area is 159 Å². The van der Waals surface area contributed by atoms with Crippen molar-refractivity contribution in [3.05, 3.63) is 58.1 Å². The first-order valence-electron chi connectivity index (χ1n) is 7.18. The molecule has 27 heavy (non-hydrogen) atoms. The van der Waals surface area contributed by atoms with Crippen molar-refractivity contribution in [3.8, 4) is 11.5 Å². The molecule has 142 valence electrons. The van der Waals surface area contributed by atoms with Gasteiger partial charge in [0.2, 0.25) is 0 Å². The Kier molecular flexibility index (Phi) is 6.26. The molecule has 0 bridgehead atoms. The van der Waals surface area contributed by atoms with Gasteiger partial charge < -0.3 is 14.7 Å². The summed E-state index contributed by atoms with van der Waals surface area (Å²) in [6.07, 6.45) is 1.40. The summed E-state index contributed by atoms with van der Waals surface area (Å²) in [6, 6.07) is 8.72. The van der Waals surface area contributed by atoms with E-state index in [1.165, 1.54) is 31.5 Å². The summed E-state index contributed by atoms with van der Waals surface area (Å²) >= 11 is 4.61. The van der Waals surface area contributed by atoms with Gasteiger partial charge in [0.25, 0.3) is 5.69 Å². The Bertz CT molecular complexity index is 990. The van der Waals surface area contributed by atoms with E-state index >= 15 is 0 Å².